The second kappa shape index (κ2) is 6.41. The summed E-state index contributed by atoms with van der Waals surface area (Å²) < 4.78 is 11.5. The van der Waals surface area contributed by atoms with E-state index in [4.69, 9.17) is 21.1 Å². The fourth-order valence-corrected chi connectivity index (χ4v) is 2.18. The van der Waals surface area contributed by atoms with Crippen LogP contribution in [0.2, 0.25) is 0 Å². The molecule has 1 saturated heterocycles. The number of amides is 1. The van der Waals surface area contributed by atoms with Crippen LogP contribution in [-0.2, 0) is 9.47 Å². The quantitative estimate of drug-likeness (QED) is 0.767. The van der Waals surface area contributed by atoms with Gasteiger partial charge in [-0.25, -0.2) is 4.79 Å². The fourth-order valence-electron chi connectivity index (χ4n) is 1.85. The summed E-state index contributed by atoms with van der Waals surface area (Å²) in [4.78, 5) is 13.3. The average molecular weight is 347 g/mol. The molecule has 1 aromatic rings. The molecule has 1 aliphatic rings. The predicted octanol–water partition coefficient (Wildman–Crippen LogP) is 3.67. The van der Waals surface area contributed by atoms with Crippen molar-refractivity contribution in [1.82, 2.24) is 4.90 Å². The molecule has 0 unspecified atom stereocenters. The summed E-state index contributed by atoms with van der Waals surface area (Å²) >= 11 is 8.84. The van der Waals surface area contributed by atoms with Gasteiger partial charge >= 0.3 is 6.09 Å². The SMILES string of the molecule is C=C(Cl)OC(=O)N1CCO[C@@H](c2ccc(Br)cc2)C1. The molecule has 0 radical (unpaired) electrons. The van der Waals surface area contributed by atoms with Gasteiger partial charge in [-0.3, -0.25) is 0 Å². The zero-order chi connectivity index (χ0) is 13.8. The van der Waals surface area contributed by atoms with Crippen LogP contribution in [0.1, 0.15) is 11.7 Å². The first-order valence-corrected chi connectivity index (χ1v) is 6.91. The molecule has 6 heteroatoms. The predicted molar refractivity (Wildman–Crippen MR) is 75.9 cm³/mol. The number of carbonyl (C=O) groups excluding carboxylic acids is 1. The Morgan fingerprint density at radius 2 is 2.16 bits per heavy atom. The molecule has 0 saturated carbocycles. The molecule has 1 heterocycles. The van der Waals surface area contributed by atoms with Crippen molar-refractivity contribution in [2.75, 3.05) is 19.7 Å². The van der Waals surface area contributed by atoms with Gasteiger partial charge in [-0.15, -0.1) is 0 Å². The Balaban J connectivity index is 2.02. The van der Waals surface area contributed by atoms with Gasteiger partial charge in [0.25, 0.3) is 0 Å². The van der Waals surface area contributed by atoms with Gasteiger partial charge in [0.15, 0.2) is 5.22 Å². The highest BCUT2D eigenvalue weighted by molar-refractivity contribution is 9.10. The van der Waals surface area contributed by atoms with Crippen molar-refractivity contribution in [2.45, 2.75) is 6.10 Å². The summed E-state index contributed by atoms with van der Waals surface area (Å²) in [6, 6.07) is 7.81. The maximum absolute atomic E-state index is 11.7. The summed E-state index contributed by atoms with van der Waals surface area (Å²) in [5.74, 6) is 0. The summed E-state index contributed by atoms with van der Waals surface area (Å²) in [6.45, 7) is 4.72. The molecule has 0 aromatic heterocycles. The van der Waals surface area contributed by atoms with E-state index in [1.165, 1.54) is 0 Å². The van der Waals surface area contributed by atoms with Crippen molar-refractivity contribution >= 4 is 33.6 Å². The van der Waals surface area contributed by atoms with Crippen LogP contribution in [0.4, 0.5) is 4.79 Å². The maximum Gasteiger partial charge on any atom is 0.416 e. The molecule has 0 N–H and O–H groups in total. The molecule has 1 aliphatic heterocycles. The minimum Gasteiger partial charge on any atom is -0.398 e. The Bertz CT molecular complexity index is 477. The van der Waals surface area contributed by atoms with Gasteiger partial charge in [-0.1, -0.05) is 28.1 Å². The number of hydrogen-bond donors (Lipinski definition) is 0. The van der Waals surface area contributed by atoms with Crippen LogP contribution >= 0.6 is 27.5 Å². The van der Waals surface area contributed by atoms with Crippen molar-refractivity contribution < 1.29 is 14.3 Å². The number of nitrogens with zero attached hydrogens (tertiary/aromatic N) is 1. The van der Waals surface area contributed by atoms with Crippen molar-refractivity contribution in [3.63, 3.8) is 0 Å². The van der Waals surface area contributed by atoms with E-state index < -0.39 is 6.09 Å². The molecule has 0 spiro atoms. The molecular weight excluding hydrogens is 334 g/mol. The Hall–Kier alpha value is -1.04. The van der Waals surface area contributed by atoms with Crippen molar-refractivity contribution in [3.8, 4) is 0 Å². The molecule has 1 amide bonds. The third kappa shape index (κ3) is 3.96. The normalized spacial score (nSPS) is 19.1. The van der Waals surface area contributed by atoms with Gasteiger partial charge in [0.2, 0.25) is 0 Å². The average Bonchev–Trinajstić information content (AvgIpc) is 2.39. The largest absolute Gasteiger partial charge is 0.416 e. The number of morpholine rings is 1. The number of halogens is 2. The Morgan fingerprint density at radius 1 is 1.47 bits per heavy atom. The summed E-state index contributed by atoms with van der Waals surface area (Å²) in [5, 5.41) is -0.128. The van der Waals surface area contributed by atoms with Crippen LogP contribution in [0.25, 0.3) is 0 Å². The van der Waals surface area contributed by atoms with Gasteiger partial charge in [-0.05, 0) is 35.9 Å². The summed E-state index contributed by atoms with van der Waals surface area (Å²) in [7, 11) is 0. The third-order valence-corrected chi connectivity index (χ3v) is 3.37. The fraction of sp³-hybridized carbons (Fsp3) is 0.308. The van der Waals surface area contributed by atoms with Gasteiger partial charge < -0.3 is 14.4 Å². The van der Waals surface area contributed by atoms with Crippen LogP contribution < -0.4 is 0 Å². The second-order valence-electron chi connectivity index (χ2n) is 4.08. The molecule has 102 valence electrons. The number of hydrogen-bond acceptors (Lipinski definition) is 3. The van der Waals surface area contributed by atoms with Gasteiger partial charge in [-0.2, -0.15) is 0 Å². The molecular formula is C13H13BrClNO3. The maximum atomic E-state index is 11.7. The first-order chi connectivity index (χ1) is 9.06. The van der Waals surface area contributed by atoms with Crippen molar-refractivity contribution in [2.24, 2.45) is 0 Å². The number of ether oxygens (including phenoxy) is 2. The minimum atomic E-state index is -0.495. The molecule has 1 atom stereocenters. The minimum absolute atomic E-state index is 0.128. The Labute approximate surface area is 125 Å². The van der Waals surface area contributed by atoms with Crippen LogP contribution in [0.15, 0.2) is 40.5 Å². The number of carbonyl (C=O) groups is 1. The van der Waals surface area contributed by atoms with E-state index in [0.717, 1.165) is 10.0 Å². The second-order valence-corrected chi connectivity index (χ2v) is 5.42. The smallest absolute Gasteiger partial charge is 0.398 e. The van der Waals surface area contributed by atoms with E-state index in [1.54, 1.807) is 4.90 Å². The molecule has 0 bridgehead atoms. The van der Waals surface area contributed by atoms with E-state index in [0.29, 0.717) is 19.7 Å². The van der Waals surface area contributed by atoms with Gasteiger partial charge in [0, 0.05) is 11.0 Å². The van der Waals surface area contributed by atoms with Crippen LogP contribution in [-0.4, -0.2) is 30.7 Å². The zero-order valence-electron chi connectivity index (χ0n) is 10.1. The third-order valence-electron chi connectivity index (χ3n) is 2.76. The van der Waals surface area contributed by atoms with Gasteiger partial charge in [0.05, 0.1) is 13.2 Å². The standard InChI is InChI=1S/C13H13BrClNO3/c1-9(15)19-13(17)16-6-7-18-12(8-16)10-2-4-11(14)5-3-10/h2-5,12H,1,6-8H2/t12-/m1/s1. The Morgan fingerprint density at radius 3 is 2.79 bits per heavy atom. The highest BCUT2D eigenvalue weighted by atomic mass is 79.9. The van der Waals surface area contributed by atoms with E-state index in [9.17, 15) is 4.79 Å². The molecule has 19 heavy (non-hydrogen) atoms. The Kier molecular flexibility index (Phi) is 4.85. The first-order valence-electron chi connectivity index (χ1n) is 5.74. The lowest BCUT2D eigenvalue weighted by Crippen LogP contribution is -2.42. The topological polar surface area (TPSA) is 38.8 Å². The summed E-state index contributed by atoms with van der Waals surface area (Å²) in [5.41, 5.74) is 1.02. The van der Waals surface area contributed by atoms with Crippen LogP contribution in [0.5, 0.6) is 0 Å². The van der Waals surface area contributed by atoms with E-state index in [-0.39, 0.29) is 11.3 Å². The molecule has 2 rings (SSSR count). The first kappa shape index (κ1) is 14.4. The number of rotatable bonds is 2. The summed E-state index contributed by atoms with van der Waals surface area (Å²) in [6.07, 6.45) is -0.650. The molecule has 4 nitrogen and oxygen atoms in total. The molecule has 1 fully saturated rings. The van der Waals surface area contributed by atoms with E-state index >= 15 is 0 Å². The highest BCUT2D eigenvalue weighted by Gasteiger charge is 2.26. The van der Waals surface area contributed by atoms with E-state index in [2.05, 4.69) is 22.5 Å². The monoisotopic (exact) mass is 345 g/mol. The van der Waals surface area contributed by atoms with E-state index in [1.807, 2.05) is 24.3 Å². The number of benzene rings is 1. The zero-order valence-corrected chi connectivity index (χ0v) is 12.5. The lowest BCUT2D eigenvalue weighted by atomic mass is 10.1. The highest BCUT2D eigenvalue weighted by Crippen LogP contribution is 2.24. The van der Waals surface area contributed by atoms with Gasteiger partial charge in [0.1, 0.15) is 6.10 Å². The van der Waals surface area contributed by atoms with Crippen molar-refractivity contribution in [3.05, 3.63) is 46.1 Å². The lowest BCUT2D eigenvalue weighted by Gasteiger charge is -2.32. The lowest BCUT2D eigenvalue weighted by molar-refractivity contribution is -0.0243. The molecule has 1 aromatic carbocycles. The molecule has 0 aliphatic carbocycles. The van der Waals surface area contributed by atoms with Crippen LogP contribution in [0.3, 0.4) is 0 Å². The van der Waals surface area contributed by atoms with Crippen molar-refractivity contribution in [1.29, 1.82) is 0 Å². The van der Waals surface area contributed by atoms with Crippen LogP contribution in [0, 0.1) is 0 Å².